The van der Waals surface area contributed by atoms with Gasteiger partial charge in [-0.05, 0) is 56.1 Å². The topological polar surface area (TPSA) is 71.2 Å². The molecule has 2 bridgehead atoms. The monoisotopic (exact) mass is 434 g/mol. The highest BCUT2D eigenvalue weighted by molar-refractivity contribution is 6.32. The maximum atomic E-state index is 12.8. The number of nitrogens with one attached hydrogen (secondary N) is 1. The average molecular weight is 436 g/mol. The fourth-order valence-corrected chi connectivity index (χ4v) is 5.24. The zero-order valence-corrected chi connectivity index (χ0v) is 17.7. The zero-order valence-electron chi connectivity index (χ0n) is 15.4. The molecule has 0 spiro atoms. The van der Waals surface area contributed by atoms with E-state index in [1.807, 2.05) is 12.1 Å². The van der Waals surface area contributed by atoms with E-state index in [1.165, 1.54) is 19.3 Å². The Kier molecular flexibility index (Phi) is 8.05. The number of fused-ring (bicyclic) bond motifs is 2. The number of hydrogen-bond acceptors (Lipinski definition) is 4. The Labute approximate surface area is 178 Å². The second-order valence-corrected chi connectivity index (χ2v) is 8.35. The van der Waals surface area contributed by atoms with Crippen LogP contribution < -0.4 is 16.0 Å². The minimum absolute atomic E-state index is 0. The van der Waals surface area contributed by atoms with Crippen LogP contribution in [0.3, 0.4) is 0 Å². The molecule has 3 unspecified atom stereocenters. The number of rotatable bonds is 3. The molecular formula is C19H29Cl3N4O. The fourth-order valence-electron chi connectivity index (χ4n) is 5.00. The number of nitrogens with zero attached hydrogens (tertiary/aromatic N) is 2. The van der Waals surface area contributed by atoms with Crippen LogP contribution in [0, 0.1) is 17.8 Å². The molecular weight excluding hydrogens is 407 g/mol. The molecule has 1 aromatic rings. The van der Waals surface area contributed by atoms with Gasteiger partial charge in [-0.25, -0.2) is 4.98 Å². The van der Waals surface area contributed by atoms with Crippen LogP contribution in [0.15, 0.2) is 18.3 Å². The van der Waals surface area contributed by atoms with Gasteiger partial charge in [-0.1, -0.05) is 18.0 Å². The summed E-state index contributed by atoms with van der Waals surface area (Å²) in [6.45, 7) is 1.66. The molecule has 1 aliphatic heterocycles. The first-order valence-electron chi connectivity index (χ1n) is 9.53. The van der Waals surface area contributed by atoms with Gasteiger partial charge in [0, 0.05) is 37.3 Å². The van der Waals surface area contributed by atoms with E-state index < -0.39 is 0 Å². The molecule has 4 rings (SSSR count). The number of carbonyl (C=O) groups excluding carboxylic acids is 1. The number of aromatic nitrogens is 1. The first-order chi connectivity index (χ1) is 12.1. The van der Waals surface area contributed by atoms with Crippen LogP contribution in [-0.2, 0) is 4.79 Å². The Morgan fingerprint density at radius 1 is 1.22 bits per heavy atom. The minimum atomic E-state index is 0. The van der Waals surface area contributed by atoms with Gasteiger partial charge in [0.05, 0.1) is 5.02 Å². The maximum absolute atomic E-state index is 12.8. The number of carbonyl (C=O) groups is 1. The molecule has 5 nitrogen and oxygen atoms in total. The molecule has 1 amide bonds. The van der Waals surface area contributed by atoms with Crippen LogP contribution in [0.4, 0.5) is 5.82 Å². The average Bonchev–Trinajstić information content (AvgIpc) is 3.03. The largest absolute Gasteiger partial charge is 0.353 e. The number of pyridine rings is 1. The van der Waals surface area contributed by atoms with Crippen molar-refractivity contribution in [3.63, 3.8) is 0 Å². The molecule has 152 valence electrons. The van der Waals surface area contributed by atoms with E-state index in [9.17, 15) is 4.79 Å². The summed E-state index contributed by atoms with van der Waals surface area (Å²) in [5, 5.41) is 3.95. The lowest BCUT2D eigenvalue weighted by atomic mass is 9.65. The van der Waals surface area contributed by atoms with E-state index in [0.29, 0.717) is 22.9 Å². The second kappa shape index (κ2) is 9.64. The summed E-state index contributed by atoms with van der Waals surface area (Å²) < 4.78 is 0. The van der Waals surface area contributed by atoms with Gasteiger partial charge >= 0.3 is 0 Å². The summed E-state index contributed by atoms with van der Waals surface area (Å²) >= 11 is 6.24. The molecule has 3 atom stereocenters. The minimum Gasteiger partial charge on any atom is -0.353 e. The molecule has 1 aromatic heterocycles. The molecule has 1 saturated heterocycles. The van der Waals surface area contributed by atoms with Gasteiger partial charge in [-0.2, -0.15) is 0 Å². The third kappa shape index (κ3) is 4.81. The van der Waals surface area contributed by atoms with Gasteiger partial charge < -0.3 is 16.0 Å². The number of amides is 1. The van der Waals surface area contributed by atoms with Crippen LogP contribution in [0.25, 0.3) is 0 Å². The fraction of sp³-hybridized carbons (Fsp3) is 0.684. The molecule has 2 saturated carbocycles. The van der Waals surface area contributed by atoms with Crippen molar-refractivity contribution >= 4 is 48.1 Å². The molecule has 2 aliphatic carbocycles. The second-order valence-electron chi connectivity index (χ2n) is 7.95. The predicted molar refractivity (Wildman–Crippen MR) is 114 cm³/mol. The van der Waals surface area contributed by atoms with Crippen LogP contribution >= 0.6 is 36.4 Å². The Morgan fingerprint density at radius 2 is 1.93 bits per heavy atom. The van der Waals surface area contributed by atoms with Crippen LogP contribution in [0.1, 0.15) is 38.5 Å². The van der Waals surface area contributed by atoms with Gasteiger partial charge in [0.25, 0.3) is 0 Å². The van der Waals surface area contributed by atoms with Crippen LogP contribution in [0.5, 0.6) is 0 Å². The summed E-state index contributed by atoms with van der Waals surface area (Å²) in [4.78, 5) is 19.3. The molecule has 27 heavy (non-hydrogen) atoms. The summed E-state index contributed by atoms with van der Waals surface area (Å²) in [5.41, 5.74) is 6.35. The van der Waals surface area contributed by atoms with Gasteiger partial charge in [0.15, 0.2) is 0 Å². The molecule has 3 aliphatic rings. The Bertz CT molecular complexity index is 633. The molecule has 3 fully saturated rings. The summed E-state index contributed by atoms with van der Waals surface area (Å²) in [6.07, 6.45) is 8.29. The molecule has 0 aromatic carbocycles. The molecule has 0 radical (unpaired) electrons. The van der Waals surface area contributed by atoms with Crippen molar-refractivity contribution in [1.82, 2.24) is 10.3 Å². The third-order valence-electron chi connectivity index (χ3n) is 6.36. The number of halogens is 3. The molecule has 8 heteroatoms. The summed E-state index contributed by atoms with van der Waals surface area (Å²) in [6, 6.07) is 4.19. The lowest BCUT2D eigenvalue weighted by molar-refractivity contribution is -0.128. The summed E-state index contributed by atoms with van der Waals surface area (Å²) in [5.74, 6) is 2.26. The predicted octanol–water partition coefficient (Wildman–Crippen LogP) is 3.43. The van der Waals surface area contributed by atoms with Gasteiger partial charge in [0.2, 0.25) is 5.91 Å². The zero-order chi connectivity index (χ0) is 17.4. The van der Waals surface area contributed by atoms with Crippen molar-refractivity contribution in [1.29, 1.82) is 0 Å². The third-order valence-corrected chi connectivity index (χ3v) is 6.65. The number of hydrogen-bond donors (Lipinski definition) is 2. The highest BCUT2D eigenvalue weighted by atomic mass is 35.5. The number of nitrogens with two attached hydrogens (primary N) is 1. The lowest BCUT2D eigenvalue weighted by Crippen LogP contribution is -2.50. The van der Waals surface area contributed by atoms with E-state index in [2.05, 4.69) is 15.2 Å². The highest BCUT2D eigenvalue weighted by Gasteiger charge is 2.41. The molecule has 3 N–H and O–H groups in total. The Hall–Kier alpha value is -0.750. The summed E-state index contributed by atoms with van der Waals surface area (Å²) in [7, 11) is 0. The van der Waals surface area contributed by atoms with Crippen molar-refractivity contribution in [2.24, 2.45) is 23.5 Å². The van der Waals surface area contributed by atoms with Crippen LogP contribution in [0.2, 0.25) is 5.02 Å². The normalized spacial score (nSPS) is 32.2. The smallest absolute Gasteiger partial charge is 0.223 e. The SMILES string of the molecule is Cl.Cl.NC1C2CCCC1CC(C(=O)NC1CCN(c3ncccc3Cl)C1)C2. The molecule has 2 heterocycles. The van der Waals surface area contributed by atoms with Crippen molar-refractivity contribution < 1.29 is 4.79 Å². The highest BCUT2D eigenvalue weighted by Crippen LogP contribution is 2.42. The van der Waals surface area contributed by atoms with Gasteiger partial charge in [-0.3, -0.25) is 4.79 Å². The quantitative estimate of drug-likeness (QED) is 0.763. The Balaban J connectivity index is 0.00000131. The van der Waals surface area contributed by atoms with E-state index in [-0.39, 0.29) is 42.7 Å². The van der Waals surface area contributed by atoms with E-state index in [0.717, 1.165) is 38.2 Å². The van der Waals surface area contributed by atoms with Gasteiger partial charge in [0.1, 0.15) is 5.82 Å². The van der Waals surface area contributed by atoms with E-state index in [1.54, 1.807) is 6.20 Å². The van der Waals surface area contributed by atoms with Crippen molar-refractivity contribution in [2.45, 2.75) is 50.6 Å². The van der Waals surface area contributed by atoms with Gasteiger partial charge in [-0.15, -0.1) is 24.8 Å². The van der Waals surface area contributed by atoms with Crippen molar-refractivity contribution in [3.8, 4) is 0 Å². The van der Waals surface area contributed by atoms with Crippen molar-refractivity contribution in [3.05, 3.63) is 23.4 Å². The van der Waals surface area contributed by atoms with E-state index in [4.69, 9.17) is 17.3 Å². The first-order valence-corrected chi connectivity index (χ1v) is 9.91. The number of anilines is 1. The maximum Gasteiger partial charge on any atom is 0.223 e. The van der Waals surface area contributed by atoms with Crippen molar-refractivity contribution in [2.75, 3.05) is 18.0 Å². The standard InChI is InChI=1S/C19H27ClN4O.2ClH/c20-16-5-2-7-22-18(16)24-8-6-15(11-24)23-19(25)14-9-12-3-1-4-13(10-14)17(12)21;;/h2,5,7,12-15,17H,1,3-4,6,8-11,21H2,(H,23,25);2*1H. The van der Waals surface area contributed by atoms with E-state index >= 15 is 0 Å². The first kappa shape index (κ1) is 22.5. The van der Waals surface area contributed by atoms with Crippen LogP contribution in [-0.4, -0.2) is 36.1 Å². The lowest BCUT2D eigenvalue weighted by Gasteiger charge is -2.43. The Morgan fingerprint density at radius 3 is 2.59 bits per heavy atom.